The van der Waals surface area contributed by atoms with Crippen molar-refractivity contribution < 1.29 is 4.79 Å². The maximum atomic E-state index is 13.2. The van der Waals surface area contributed by atoms with Crippen LogP contribution in [0.4, 0.5) is 5.69 Å². The Hall–Kier alpha value is -3.46. The van der Waals surface area contributed by atoms with Crippen LogP contribution in [0.15, 0.2) is 95.6 Å². The van der Waals surface area contributed by atoms with Crippen molar-refractivity contribution in [1.29, 1.82) is 0 Å². The van der Waals surface area contributed by atoms with E-state index in [0.717, 1.165) is 23.2 Å². The number of anilines is 1. The molecule has 4 rings (SSSR count). The van der Waals surface area contributed by atoms with E-state index >= 15 is 0 Å². The van der Waals surface area contributed by atoms with Gasteiger partial charge in [-0.1, -0.05) is 79.7 Å². The minimum absolute atomic E-state index is 0.111. The molecule has 0 aromatic heterocycles. The third-order valence-electron chi connectivity index (χ3n) is 4.62. The highest BCUT2D eigenvalue weighted by Gasteiger charge is 2.31. The van der Waals surface area contributed by atoms with Crippen LogP contribution in [0.1, 0.15) is 23.6 Å². The number of aryl methyl sites for hydroxylation is 1. The third kappa shape index (κ3) is 3.44. The van der Waals surface area contributed by atoms with Crippen LogP contribution < -0.4 is 5.01 Å². The van der Waals surface area contributed by atoms with Gasteiger partial charge in [-0.15, -0.1) is 0 Å². The van der Waals surface area contributed by atoms with Crippen LogP contribution in [-0.4, -0.2) is 11.6 Å². The van der Waals surface area contributed by atoms with Gasteiger partial charge in [0.2, 0.25) is 0 Å². The Bertz CT molecular complexity index is 1000. The Labute approximate surface area is 159 Å². The number of hydrogen-bond donors (Lipinski definition) is 0. The quantitative estimate of drug-likeness (QED) is 0.603. The molecule has 1 aliphatic rings. The summed E-state index contributed by atoms with van der Waals surface area (Å²) in [4.78, 5) is 13.2. The number of hydrazone groups is 1. The van der Waals surface area contributed by atoms with Crippen LogP contribution in [0.25, 0.3) is 6.08 Å². The van der Waals surface area contributed by atoms with Crippen molar-refractivity contribution in [1.82, 2.24) is 0 Å². The first-order valence-corrected chi connectivity index (χ1v) is 9.11. The lowest BCUT2D eigenvalue weighted by molar-refractivity contribution is -0.114. The molecule has 1 heterocycles. The van der Waals surface area contributed by atoms with E-state index in [-0.39, 0.29) is 5.91 Å². The average molecular weight is 352 g/mol. The van der Waals surface area contributed by atoms with Gasteiger partial charge in [0.25, 0.3) is 5.91 Å². The highest BCUT2D eigenvalue weighted by atomic mass is 16.2. The molecule has 0 N–H and O–H groups in total. The number of benzene rings is 3. The second-order valence-electron chi connectivity index (χ2n) is 6.42. The zero-order valence-corrected chi connectivity index (χ0v) is 15.2. The first-order chi connectivity index (χ1) is 13.3. The van der Waals surface area contributed by atoms with Gasteiger partial charge in [-0.3, -0.25) is 4.79 Å². The molecule has 0 radical (unpaired) electrons. The van der Waals surface area contributed by atoms with Gasteiger partial charge in [-0.05, 0) is 35.8 Å². The van der Waals surface area contributed by atoms with Crippen LogP contribution in [-0.2, 0) is 11.2 Å². The molecule has 0 aliphatic carbocycles. The van der Waals surface area contributed by atoms with Crippen LogP contribution in [0.2, 0.25) is 0 Å². The largest absolute Gasteiger partial charge is 0.281 e. The van der Waals surface area contributed by atoms with Gasteiger partial charge in [0.05, 0.1) is 11.3 Å². The highest BCUT2D eigenvalue weighted by Crippen LogP contribution is 2.27. The minimum atomic E-state index is -0.111. The fourth-order valence-corrected chi connectivity index (χ4v) is 3.11. The Balaban J connectivity index is 1.79. The van der Waals surface area contributed by atoms with E-state index in [2.05, 4.69) is 24.2 Å². The van der Waals surface area contributed by atoms with Gasteiger partial charge in [-0.2, -0.15) is 10.1 Å². The summed E-state index contributed by atoms with van der Waals surface area (Å²) in [6, 6.07) is 27.7. The summed E-state index contributed by atoms with van der Waals surface area (Å²) in [5.41, 5.74) is 5.27. The zero-order chi connectivity index (χ0) is 18.6. The van der Waals surface area contributed by atoms with Crippen molar-refractivity contribution in [2.75, 3.05) is 5.01 Å². The topological polar surface area (TPSA) is 32.7 Å². The van der Waals surface area contributed by atoms with E-state index in [0.29, 0.717) is 11.3 Å². The van der Waals surface area contributed by atoms with Crippen molar-refractivity contribution in [2.45, 2.75) is 13.3 Å². The molecular weight excluding hydrogens is 332 g/mol. The minimum Gasteiger partial charge on any atom is -0.267 e. The van der Waals surface area contributed by atoms with Gasteiger partial charge in [0.1, 0.15) is 5.71 Å². The van der Waals surface area contributed by atoms with Crippen LogP contribution in [0, 0.1) is 0 Å². The third-order valence-corrected chi connectivity index (χ3v) is 4.62. The summed E-state index contributed by atoms with van der Waals surface area (Å²) in [6.45, 7) is 2.13. The number of nitrogens with zero attached hydrogens (tertiary/aromatic N) is 2. The summed E-state index contributed by atoms with van der Waals surface area (Å²) in [5.74, 6) is -0.111. The number of hydrogen-bond acceptors (Lipinski definition) is 2. The number of rotatable bonds is 4. The number of para-hydroxylation sites is 1. The van der Waals surface area contributed by atoms with Gasteiger partial charge < -0.3 is 0 Å². The van der Waals surface area contributed by atoms with Gasteiger partial charge in [0.15, 0.2) is 0 Å². The standard InChI is InChI=1S/C24H20N2O/c1-2-18-13-15-19(16-14-18)17-22-23(20-9-5-3-6-10-20)25-26(24(22)27)21-11-7-4-8-12-21/h3-17H,2H2,1H3/b22-17-. The monoisotopic (exact) mass is 352 g/mol. The molecule has 0 saturated carbocycles. The molecule has 3 aromatic rings. The lowest BCUT2D eigenvalue weighted by Gasteiger charge is -2.10. The first kappa shape index (κ1) is 17.0. The Kier molecular flexibility index (Phi) is 4.67. The van der Waals surface area contributed by atoms with Gasteiger partial charge >= 0.3 is 0 Å². The molecule has 1 amide bonds. The van der Waals surface area contributed by atoms with E-state index < -0.39 is 0 Å². The summed E-state index contributed by atoms with van der Waals surface area (Å²) < 4.78 is 0. The Morgan fingerprint density at radius 3 is 2.11 bits per heavy atom. The molecule has 0 atom stereocenters. The predicted molar refractivity (Wildman–Crippen MR) is 111 cm³/mol. The van der Waals surface area contributed by atoms with E-state index in [9.17, 15) is 4.79 Å². The fourth-order valence-electron chi connectivity index (χ4n) is 3.11. The van der Waals surface area contributed by atoms with Crippen molar-refractivity contribution >= 4 is 23.4 Å². The molecule has 0 spiro atoms. The molecule has 3 nitrogen and oxygen atoms in total. The van der Waals surface area contributed by atoms with Crippen molar-refractivity contribution in [3.63, 3.8) is 0 Å². The second kappa shape index (κ2) is 7.42. The maximum Gasteiger partial charge on any atom is 0.281 e. The molecule has 132 valence electrons. The molecule has 0 fully saturated rings. The smallest absolute Gasteiger partial charge is 0.267 e. The maximum absolute atomic E-state index is 13.2. The highest BCUT2D eigenvalue weighted by molar-refractivity contribution is 6.37. The van der Waals surface area contributed by atoms with Crippen molar-refractivity contribution in [3.05, 3.63) is 107 Å². The lowest BCUT2D eigenvalue weighted by Crippen LogP contribution is -2.21. The molecule has 0 unspecified atom stereocenters. The summed E-state index contributed by atoms with van der Waals surface area (Å²) in [6.07, 6.45) is 2.92. The van der Waals surface area contributed by atoms with E-state index in [4.69, 9.17) is 0 Å². The SMILES string of the molecule is CCc1ccc(/C=C2\C(=O)N(c3ccccc3)N=C2c2ccccc2)cc1. The fraction of sp³-hybridized carbons (Fsp3) is 0.0833. The van der Waals surface area contributed by atoms with E-state index in [1.807, 2.05) is 78.9 Å². The number of amides is 1. The van der Waals surface area contributed by atoms with E-state index in [1.165, 1.54) is 10.6 Å². The summed E-state index contributed by atoms with van der Waals surface area (Å²) in [5, 5.41) is 6.13. The average Bonchev–Trinajstić information content (AvgIpc) is 3.06. The van der Waals surface area contributed by atoms with Crippen molar-refractivity contribution in [3.8, 4) is 0 Å². The molecule has 3 heteroatoms. The zero-order valence-electron chi connectivity index (χ0n) is 15.2. The number of carbonyl (C=O) groups excluding carboxylic acids is 1. The molecular formula is C24H20N2O. The molecule has 0 saturated heterocycles. The van der Waals surface area contributed by atoms with Gasteiger partial charge in [0, 0.05) is 5.56 Å². The first-order valence-electron chi connectivity index (χ1n) is 9.11. The Morgan fingerprint density at radius 2 is 1.48 bits per heavy atom. The lowest BCUT2D eigenvalue weighted by atomic mass is 9.99. The van der Waals surface area contributed by atoms with Crippen molar-refractivity contribution in [2.24, 2.45) is 5.10 Å². The molecule has 1 aliphatic heterocycles. The van der Waals surface area contributed by atoms with Crippen LogP contribution in [0.5, 0.6) is 0 Å². The second-order valence-corrected chi connectivity index (χ2v) is 6.42. The number of carbonyl (C=O) groups is 1. The van der Waals surface area contributed by atoms with Gasteiger partial charge in [-0.25, -0.2) is 0 Å². The summed E-state index contributed by atoms with van der Waals surface area (Å²) >= 11 is 0. The van der Waals surface area contributed by atoms with E-state index in [1.54, 1.807) is 0 Å². The van der Waals surface area contributed by atoms with Crippen LogP contribution in [0.3, 0.4) is 0 Å². The predicted octanol–water partition coefficient (Wildman–Crippen LogP) is 5.08. The Morgan fingerprint density at radius 1 is 0.852 bits per heavy atom. The molecule has 0 bridgehead atoms. The molecule has 27 heavy (non-hydrogen) atoms. The summed E-state index contributed by atoms with van der Waals surface area (Å²) in [7, 11) is 0. The normalized spacial score (nSPS) is 15.3. The van der Waals surface area contributed by atoms with Crippen LogP contribution >= 0.6 is 0 Å². The molecule has 3 aromatic carbocycles.